The number of aliphatic hydroxyl groups excluding tert-OH is 1. The van der Waals surface area contributed by atoms with Crippen molar-refractivity contribution in [3.05, 3.63) is 0 Å². The van der Waals surface area contributed by atoms with Gasteiger partial charge in [-0.2, -0.15) is 25.3 Å². The van der Waals surface area contributed by atoms with Gasteiger partial charge in [-0.05, 0) is 26.7 Å². The molecule has 0 rings (SSSR count). The molecule has 2 unspecified atom stereocenters. The first-order valence-electron chi connectivity index (χ1n) is 6.61. The summed E-state index contributed by atoms with van der Waals surface area (Å²) in [6.45, 7) is 4.19. The average molecular weight is 323 g/mol. The Morgan fingerprint density at radius 3 is 2.20 bits per heavy atom. The molecule has 0 aliphatic heterocycles. The monoisotopic (exact) mass is 323 g/mol. The molecule has 0 saturated carbocycles. The SMILES string of the molecule is CC(C)NC(O)CCC(CNC(=O)CS)NC(=O)CS. The maximum atomic E-state index is 11.4. The highest BCUT2D eigenvalue weighted by Crippen LogP contribution is 2.01. The van der Waals surface area contributed by atoms with Gasteiger partial charge in [0, 0.05) is 18.6 Å². The van der Waals surface area contributed by atoms with Gasteiger partial charge in [0.05, 0.1) is 11.5 Å². The third kappa shape index (κ3) is 10.4. The Labute approximate surface area is 131 Å². The van der Waals surface area contributed by atoms with Crippen molar-refractivity contribution in [1.82, 2.24) is 16.0 Å². The summed E-state index contributed by atoms with van der Waals surface area (Å²) in [5.41, 5.74) is 0. The first-order chi connectivity index (χ1) is 9.38. The van der Waals surface area contributed by atoms with E-state index < -0.39 is 6.23 Å². The lowest BCUT2D eigenvalue weighted by Gasteiger charge is -2.22. The van der Waals surface area contributed by atoms with Crippen molar-refractivity contribution in [2.75, 3.05) is 18.1 Å². The Balaban J connectivity index is 4.22. The fraction of sp³-hybridized carbons (Fsp3) is 0.833. The van der Waals surface area contributed by atoms with Crippen LogP contribution in [0.25, 0.3) is 0 Å². The van der Waals surface area contributed by atoms with E-state index in [1.165, 1.54) is 0 Å². The highest BCUT2D eigenvalue weighted by molar-refractivity contribution is 7.81. The smallest absolute Gasteiger partial charge is 0.230 e. The molecule has 8 heteroatoms. The van der Waals surface area contributed by atoms with E-state index in [4.69, 9.17) is 0 Å². The van der Waals surface area contributed by atoms with Gasteiger partial charge in [-0.1, -0.05) is 0 Å². The summed E-state index contributed by atoms with van der Waals surface area (Å²) < 4.78 is 0. The van der Waals surface area contributed by atoms with Crippen molar-refractivity contribution in [1.29, 1.82) is 0 Å². The Kier molecular flexibility index (Phi) is 11.0. The lowest BCUT2D eigenvalue weighted by molar-refractivity contribution is -0.121. The van der Waals surface area contributed by atoms with Crippen LogP contribution < -0.4 is 16.0 Å². The predicted octanol–water partition coefficient (Wildman–Crippen LogP) is -0.456. The minimum Gasteiger partial charge on any atom is -0.379 e. The van der Waals surface area contributed by atoms with E-state index in [1.807, 2.05) is 13.8 Å². The molecule has 6 nitrogen and oxygen atoms in total. The molecular weight excluding hydrogens is 298 g/mol. The number of nitrogens with one attached hydrogen (secondary N) is 3. The quantitative estimate of drug-likeness (QED) is 0.243. The van der Waals surface area contributed by atoms with Crippen LogP contribution in [0, 0.1) is 0 Å². The van der Waals surface area contributed by atoms with Crippen LogP contribution in [-0.4, -0.2) is 53.3 Å². The summed E-state index contributed by atoms with van der Waals surface area (Å²) >= 11 is 7.76. The molecule has 0 aliphatic rings. The molecule has 20 heavy (non-hydrogen) atoms. The summed E-state index contributed by atoms with van der Waals surface area (Å²) in [4.78, 5) is 22.5. The van der Waals surface area contributed by atoms with Crippen LogP contribution in [0.5, 0.6) is 0 Å². The van der Waals surface area contributed by atoms with Crippen LogP contribution in [0.1, 0.15) is 26.7 Å². The number of rotatable bonds is 10. The second-order valence-electron chi connectivity index (χ2n) is 4.80. The molecule has 0 bridgehead atoms. The molecule has 0 radical (unpaired) electrons. The Hall–Kier alpha value is -0.440. The highest BCUT2D eigenvalue weighted by Gasteiger charge is 2.15. The number of hydrogen-bond acceptors (Lipinski definition) is 6. The zero-order valence-corrected chi connectivity index (χ0v) is 13.7. The molecule has 0 aromatic rings. The van der Waals surface area contributed by atoms with Crippen molar-refractivity contribution in [3.63, 3.8) is 0 Å². The summed E-state index contributed by atoms with van der Waals surface area (Å²) in [6, 6.07) is -0.0542. The Morgan fingerprint density at radius 2 is 1.70 bits per heavy atom. The summed E-state index contributed by atoms with van der Waals surface area (Å²) in [7, 11) is 0. The topological polar surface area (TPSA) is 90.5 Å². The van der Waals surface area contributed by atoms with Crippen LogP contribution in [0.15, 0.2) is 0 Å². The van der Waals surface area contributed by atoms with Gasteiger partial charge >= 0.3 is 0 Å². The number of amides is 2. The molecule has 0 spiro atoms. The lowest BCUT2D eigenvalue weighted by Crippen LogP contribution is -2.45. The Morgan fingerprint density at radius 1 is 1.10 bits per heavy atom. The average Bonchev–Trinajstić information content (AvgIpc) is 2.40. The number of hydrogen-bond donors (Lipinski definition) is 6. The fourth-order valence-corrected chi connectivity index (χ4v) is 1.82. The minimum atomic E-state index is -0.633. The lowest BCUT2D eigenvalue weighted by atomic mass is 10.1. The van der Waals surface area contributed by atoms with E-state index in [-0.39, 0.29) is 35.4 Å². The number of thiol groups is 2. The van der Waals surface area contributed by atoms with Crippen molar-refractivity contribution >= 4 is 37.1 Å². The molecule has 0 aliphatic carbocycles. The third-order valence-electron chi connectivity index (χ3n) is 2.51. The first-order valence-corrected chi connectivity index (χ1v) is 7.87. The first kappa shape index (κ1) is 19.6. The Bertz CT molecular complexity index is 304. The molecule has 4 N–H and O–H groups in total. The third-order valence-corrected chi connectivity index (χ3v) is 3.09. The summed E-state index contributed by atoms with van der Waals surface area (Å²) in [5.74, 6) is -0.210. The summed E-state index contributed by atoms with van der Waals surface area (Å²) in [5, 5.41) is 18.1. The minimum absolute atomic E-state index is 0.0871. The molecule has 0 heterocycles. The van der Waals surface area contributed by atoms with Crippen LogP contribution in [0.2, 0.25) is 0 Å². The van der Waals surface area contributed by atoms with Crippen molar-refractivity contribution < 1.29 is 14.7 Å². The maximum Gasteiger partial charge on any atom is 0.230 e. The normalized spacial score (nSPS) is 13.9. The van der Waals surface area contributed by atoms with Crippen molar-refractivity contribution in [2.24, 2.45) is 0 Å². The molecule has 2 amide bonds. The van der Waals surface area contributed by atoms with Gasteiger partial charge in [-0.15, -0.1) is 0 Å². The van der Waals surface area contributed by atoms with Gasteiger partial charge < -0.3 is 15.7 Å². The van der Waals surface area contributed by atoms with Gasteiger partial charge in [-0.3, -0.25) is 14.9 Å². The van der Waals surface area contributed by atoms with Gasteiger partial charge in [-0.25, -0.2) is 0 Å². The fourth-order valence-electron chi connectivity index (χ4n) is 1.62. The van der Waals surface area contributed by atoms with Crippen LogP contribution in [-0.2, 0) is 9.59 Å². The van der Waals surface area contributed by atoms with E-state index in [2.05, 4.69) is 41.2 Å². The van der Waals surface area contributed by atoms with Crippen molar-refractivity contribution in [2.45, 2.75) is 45.0 Å². The standard InChI is InChI=1S/C12H25N3O3S2/c1-8(2)14-10(16)4-3-9(15-12(18)7-20)5-13-11(17)6-19/h8-10,14,16,19-20H,3-7H2,1-2H3,(H,13,17)(H,15,18). The second kappa shape index (κ2) is 11.2. The molecule has 0 aromatic heterocycles. The van der Waals surface area contributed by atoms with Gasteiger partial charge in [0.25, 0.3) is 0 Å². The maximum absolute atomic E-state index is 11.4. The zero-order valence-electron chi connectivity index (χ0n) is 11.9. The van der Waals surface area contributed by atoms with Crippen LogP contribution in [0.4, 0.5) is 0 Å². The molecule has 118 valence electrons. The summed E-state index contributed by atoms with van der Waals surface area (Å²) in [6.07, 6.45) is 0.394. The molecule has 0 saturated heterocycles. The predicted molar refractivity (Wildman–Crippen MR) is 86.2 cm³/mol. The number of aliphatic hydroxyl groups is 1. The van der Waals surface area contributed by atoms with Crippen LogP contribution in [0.3, 0.4) is 0 Å². The second-order valence-corrected chi connectivity index (χ2v) is 5.43. The van der Waals surface area contributed by atoms with Gasteiger partial charge in [0.2, 0.25) is 11.8 Å². The van der Waals surface area contributed by atoms with E-state index in [0.29, 0.717) is 19.4 Å². The zero-order chi connectivity index (χ0) is 15.5. The van der Waals surface area contributed by atoms with E-state index >= 15 is 0 Å². The highest BCUT2D eigenvalue weighted by atomic mass is 32.1. The van der Waals surface area contributed by atoms with Crippen molar-refractivity contribution in [3.8, 4) is 0 Å². The van der Waals surface area contributed by atoms with Gasteiger partial charge in [0.1, 0.15) is 6.23 Å². The molecular formula is C12H25N3O3S2. The molecule has 2 atom stereocenters. The van der Waals surface area contributed by atoms with E-state index in [1.54, 1.807) is 0 Å². The number of carbonyl (C=O) groups is 2. The largest absolute Gasteiger partial charge is 0.379 e. The van der Waals surface area contributed by atoms with E-state index in [9.17, 15) is 14.7 Å². The molecule has 0 aromatic carbocycles. The van der Waals surface area contributed by atoms with Crippen LogP contribution >= 0.6 is 25.3 Å². The molecule has 0 fully saturated rings. The van der Waals surface area contributed by atoms with Gasteiger partial charge in [0.15, 0.2) is 0 Å². The number of carbonyl (C=O) groups excluding carboxylic acids is 2. The van der Waals surface area contributed by atoms with E-state index in [0.717, 1.165) is 0 Å².